The zero-order valence-electron chi connectivity index (χ0n) is 13.6. The third-order valence-corrected chi connectivity index (χ3v) is 4.88. The van der Waals surface area contributed by atoms with Crippen LogP contribution in [0.1, 0.15) is 5.56 Å². The van der Waals surface area contributed by atoms with Gasteiger partial charge >= 0.3 is 6.09 Å². The Labute approximate surface area is 159 Å². The Morgan fingerprint density at radius 1 is 1.07 bits per heavy atom. The molecule has 0 saturated heterocycles. The first kappa shape index (κ1) is 20.4. The molecule has 10 heteroatoms. The van der Waals surface area contributed by atoms with Gasteiger partial charge in [0, 0.05) is 10.6 Å². The molecule has 142 valence electrons. The maximum atomic E-state index is 13.0. The van der Waals surface area contributed by atoms with E-state index in [-0.39, 0.29) is 10.5 Å². The number of carbonyl (C=O) groups is 2. The lowest BCUT2D eigenvalue weighted by Crippen LogP contribution is -2.35. The van der Waals surface area contributed by atoms with E-state index < -0.39 is 34.4 Å². The number of sulfonamides is 1. The highest BCUT2D eigenvalue weighted by atomic mass is 35.5. The van der Waals surface area contributed by atoms with E-state index in [0.717, 1.165) is 12.1 Å². The van der Waals surface area contributed by atoms with E-state index in [1.165, 1.54) is 42.5 Å². The molecule has 27 heavy (non-hydrogen) atoms. The maximum absolute atomic E-state index is 13.0. The van der Waals surface area contributed by atoms with Crippen LogP contribution in [-0.4, -0.2) is 32.1 Å². The number of carbonyl (C=O) groups excluding carboxylic acids is 1. The van der Waals surface area contributed by atoms with Crippen molar-refractivity contribution in [3.8, 4) is 0 Å². The molecule has 0 aliphatic rings. The molecule has 2 amide bonds. The Bertz CT molecular complexity index is 973. The summed E-state index contributed by atoms with van der Waals surface area (Å²) in [6.45, 7) is -0.450. The fourth-order valence-electron chi connectivity index (χ4n) is 1.99. The van der Waals surface area contributed by atoms with E-state index in [1.54, 1.807) is 0 Å². The van der Waals surface area contributed by atoms with Crippen molar-refractivity contribution in [3.05, 3.63) is 70.5 Å². The van der Waals surface area contributed by atoms with Gasteiger partial charge in [0.25, 0.3) is 15.9 Å². The standard InChI is InChI=1S/C17H14ClFN2O5S/c18-13-3-7-15(8-4-13)27(25,26)21-16(22)12(10-20-17(23)24)9-11-1-5-14(19)6-2-11/h1-9,20H,10H2,(H,21,22)(H,23,24)/b12-9-. The quantitative estimate of drug-likeness (QED) is 0.631. The summed E-state index contributed by atoms with van der Waals surface area (Å²) in [6.07, 6.45) is -0.143. The average Bonchev–Trinajstić information content (AvgIpc) is 2.60. The molecular weight excluding hydrogens is 399 g/mol. The summed E-state index contributed by atoms with van der Waals surface area (Å²) in [6, 6.07) is 10.2. The highest BCUT2D eigenvalue weighted by molar-refractivity contribution is 7.90. The second-order valence-corrected chi connectivity index (χ2v) is 7.39. The van der Waals surface area contributed by atoms with Crippen LogP contribution in [0.2, 0.25) is 5.02 Å². The molecule has 0 spiro atoms. The Balaban J connectivity index is 2.28. The van der Waals surface area contributed by atoms with E-state index in [2.05, 4.69) is 0 Å². The highest BCUT2D eigenvalue weighted by Crippen LogP contribution is 2.15. The zero-order valence-corrected chi connectivity index (χ0v) is 15.2. The molecule has 0 bridgehead atoms. The van der Waals surface area contributed by atoms with E-state index >= 15 is 0 Å². The second kappa shape index (κ2) is 8.65. The van der Waals surface area contributed by atoms with E-state index in [4.69, 9.17) is 16.7 Å². The lowest BCUT2D eigenvalue weighted by molar-refractivity contribution is -0.115. The summed E-state index contributed by atoms with van der Waals surface area (Å²) in [5.74, 6) is -1.52. The number of nitrogens with one attached hydrogen (secondary N) is 2. The van der Waals surface area contributed by atoms with Crippen molar-refractivity contribution >= 4 is 39.7 Å². The van der Waals surface area contributed by atoms with E-state index in [9.17, 15) is 22.4 Å². The molecule has 2 rings (SSSR count). The Hall–Kier alpha value is -2.91. The second-order valence-electron chi connectivity index (χ2n) is 5.27. The van der Waals surface area contributed by atoms with Gasteiger partial charge in [-0.2, -0.15) is 0 Å². The molecule has 0 aliphatic heterocycles. The minimum absolute atomic E-state index is 0.179. The predicted octanol–water partition coefficient (Wildman–Crippen LogP) is 2.64. The zero-order chi connectivity index (χ0) is 20.0. The first-order valence-corrected chi connectivity index (χ1v) is 9.29. The first-order chi connectivity index (χ1) is 12.7. The number of benzene rings is 2. The van der Waals surface area contributed by atoms with Gasteiger partial charge in [-0.05, 0) is 48.0 Å². The highest BCUT2D eigenvalue weighted by Gasteiger charge is 2.20. The Morgan fingerprint density at radius 3 is 2.22 bits per heavy atom. The molecule has 0 saturated carbocycles. The lowest BCUT2D eigenvalue weighted by atomic mass is 10.1. The topological polar surface area (TPSA) is 113 Å². The molecule has 0 aromatic heterocycles. The van der Waals surface area contributed by atoms with Gasteiger partial charge in [-0.3, -0.25) is 4.79 Å². The van der Waals surface area contributed by atoms with Crippen LogP contribution in [0.3, 0.4) is 0 Å². The number of rotatable bonds is 6. The molecule has 2 aromatic rings. The normalized spacial score (nSPS) is 11.7. The van der Waals surface area contributed by atoms with Crippen molar-refractivity contribution in [2.45, 2.75) is 4.90 Å². The smallest absolute Gasteiger partial charge is 0.404 e. The maximum Gasteiger partial charge on any atom is 0.404 e. The predicted molar refractivity (Wildman–Crippen MR) is 97.2 cm³/mol. The molecule has 0 aliphatic carbocycles. The van der Waals surface area contributed by atoms with Gasteiger partial charge in [0.15, 0.2) is 0 Å². The minimum atomic E-state index is -4.19. The van der Waals surface area contributed by atoms with Crippen molar-refractivity contribution in [1.29, 1.82) is 0 Å². The number of carboxylic acid groups (broad SMARTS) is 1. The molecule has 7 nitrogen and oxygen atoms in total. The number of hydrogen-bond acceptors (Lipinski definition) is 4. The summed E-state index contributed by atoms with van der Waals surface area (Å²) >= 11 is 5.71. The summed E-state index contributed by atoms with van der Waals surface area (Å²) < 4.78 is 39.5. The Morgan fingerprint density at radius 2 is 1.67 bits per heavy atom. The van der Waals surface area contributed by atoms with Crippen LogP contribution in [0.15, 0.2) is 59.0 Å². The van der Waals surface area contributed by atoms with Crippen LogP contribution in [0.5, 0.6) is 0 Å². The SMILES string of the molecule is O=C(O)NC/C(=C/c1ccc(F)cc1)C(=O)NS(=O)(=O)c1ccc(Cl)cc1. The van der Waals surface area contributed by atoms with Crippen molar-refractivity contribution < 1.29 is 27.5 Å². The third-order valence-electron chi connectivity index (χ3n) is 3.28. The summed E-state index contributed by atoms with van der Waals surface area (Å²) in [5.41, 5.74) is 0.208. The van der Waals surface area contributed by atoms with Gasteiger partial charge in [0.05, 0.1) is 11.4 Å². The Kier molecular flexibility index (Phi) is 6.54. The monoisotopic (exact) mass is 412 g/mol. The van der Waals surface area contributed by atoms with Gasteiger partial charge in [0.2, 0.25) is 0 Å². The fraction of sp³-hybridized carbons (Fsp3) is 0.0588. The molecule has 0 heterocycles. The van der Waals surface area contributed by atoms with Gasteiger partial charge in [-0.25, -0.2) is 22.3 Å². The van der Waals surface area contributed by atoms with Gasteiger partial charge in [-0.15, -0.1) is 0 Å². The van der Waals surface area contributed by atoms with E-state index in [1.807, 2.05) is 10.0 Å². The van der Waals surface area contributed by atoms with Gasteiger partial charge in [0.1, 0.15) is 5.82 Å². The van der Waals surface area contributed by atoms with Crippen LogP contribution < -0.4 is 10.0 Å². The summed E-state index contributed by atoms with van der Waals surface area (Å²) in [7, 11) is -4.19. The summed E-state index contributed by atoms with van der Waals surface area (Å²) in [4.78, 5) is 22.9. The molecule has 0 atom stereocenters. The molecule has 0 radical (unpaired) electrons. The third kappa shape index (κ3) is 6.08. The van der Waals surface area contributed by atoms with Gasteiger partial charge in [-0.1, -0.05) is 23.7 Å². The molecule has 2 aromatic carbocycles. The number of hydrogen-bond donors (Lipinski definition) is 3. The summed E-state index contributed by atoms with van der Waals surface area (Å²) in [5, 5.41) is 11.0. The largest absolute Gasteiger partial charge is 0.465 e. The molecular formula is C17H14ClFN2O5S. The fourth-order valence-corrected chi connectivity index (χ4v) is 3.10. The molecule has 0 fully saturated rings. The number of halogens is 2. The van der Waals surface area contributed by atoms with Crippen LogP contribution in [0.25, 0.3) is 6.08 Å². The van der Waals surface area contributed by atoms with Crippen LogP contribution >= 0.6 is 11.6 Å². The van der Waals surface area contributed by atoms with Gasteiger partial charge < -0.3 is 10.4 Å². The van der Waals surface area contributed by atoms with Crippen molar-refractivity contribution in [2.24, 2.45) is 0 Å². The minimum Gasteiger partial charge on any atom is -0.465 e. The lowest BCUT2D eigenvalue weighted by Gasteiger charge is -2.10. The number of amides is 2. The van der Waals surface area contributed by atoms with E-state index in [0.29, 0.717) is 10.6 Å². The molecule has 3 N–H and O–H groups in total. The average molecular weight is 413 g/mol. The van der Waals surface area contributed by atoms with Crippen LogP contribution in [0, 0.1) is 5.82 Å². The van der Waals surface area contributed by atoms with Crippen LogP contribution in [0.4, 0.5) is 9.18 Å². The first-order valence-electron chi connectivity index (χ1n) is 7.43. The van der Waals surface area contributed by atoms with Crippen molar-refractivity contribution in [2.75, 3.05) is 6.54 Å². The molecule has 0 unspecified atom stereocenters. The van der Waals surface area contributed by atoms with Crippen LogP contribution in [-0.2, 0) is 14.8 Å². The van der Waals surface area contributed by atoms with Crippen molar-refractivity contribution in [3.63, 3.8) is 0 Å². The van der Waals surface area contributed by atoms with Crippen molar-refractivity contribution in [1.82, 2.24) is 10.0 Å².